The molecule has 0 bridgehead atoms. The molecule has 1 aliphatic rings. The Morgan fingerprint density at radius 3 is 2.93 bits per heavy atom. The van der Waals surface area contributed by atoms with Crippen molar-refractivity contribution in [1.82, 2.24) is 5.32 Å². The number of carbonyl (C=O) groups is 2. The number of nitrogens with one attached hydrogen (secondary N) is 1. The van der Waals surface area contributed by atoms with Gasteiger partial charge in [0.25, 0.3) is 0 Å². The second kappa shape index (κ2) is 4.71. The molecule has 0 saturated carbocycles. The van der Waals surface area contributed by atoms with Gasteiger partial charge in [0, 0.05) is 6.42 Å². The molecule has 1 rings (SSSR count). The minimum Gasteiger partial charge on any atom is -0.478 e. The number of thioether (sulfide) groups is 1. The third-order valence-electron chi connectivity index (χ3n) is 1.55. The van der Waals surface area contributed by atoms with Gasteiger partial charge in [-0.2, -0.15) is 0 Å². The molecule has 0 fully saturated rings. The SMILES string of the molecule is NC(=O)CSC1=C(C(=O)O)CC=CN1. The van der Waals surface area contributed by atoms with Crippen molar-refractivity contribution in [1.29, 1.82) is 0 Å². The molecular formula is C8H10N2O3S. The Kier molecular flexibility index (Phi) is 3.58. The van der Waals surface area contributed by atoms with Crippen LogP contribution in [0.3, 0.4) is 0 Å². The van der Waals surface area contributed by atoms with Crippen LogP contribution in [0.5, 0.6) is 0 Å². The molecule has 0 saturated heterocycles. The zero-order valence-corrected chi connectivity index (χ0v) is 8.13. The molecule has 0 atom stereocenters. The molecule has 0 aromatic heterocycles. The van der Waals surface area contributed by atoms with Gasteiger partial charge >= 0.3 is 5.97 Å². The summed E-state index contributed by atoms with van der Waals surface area (Å²) < 4.78 is 0. The van der Waals surface area contributed by atoms with E-state index < -0.39 is 11.9 Å². The molecule has 14 heavy (non-hydrogen) atoms. The van der Waals surface area contributed by atoms with Gasteiger partial charge in [0.05, 0.1) is 16.4 Å². The van der Waals surface area contributed by atoms with Crippen LogP contribution in [0.1, 0.15) is 6.42 Å². The largest absolute Gasteiger partial charge is 0.478 e. The maximum atomic E-state index is 10.7. The number of amides is 1. The topological polar surface area (TPSA) is 92.4 Å². The van der Waals surface area contributed by atoms with Crippen molar-refractivity contribution in [2.45, 2.75) is 6.42 Å². The molecule has 6 heteroatoms. The third kappa shape index (κ3) is 2.81. The monoisotopic (exact) mass is 214 g/mol. The molecule has 76 valence electrons. The number of primary amides is 1. The zero-order chi connectivity index (χ0) is 10.6. The lowest BCUT2D eigenvalue weighted by molar-refractivity contribution is -0.132. The van der Waals surface area contributed by atoms with Crippen LogP contribution in [-0.2, 0) is 9.59 Å². The molecule has 0 aromatic rings. The Balaban J connectivity index is 2.69. The Hall–Kier alpha value is -1.43. The van der Waals surface area contributed by atoms with E-state index in [1.807, 2.05) is 0 Å². The highest BCUT2D eigenvalue weighted by Gasteiger charge is 2.16. The zero-order valence-electron chi connectivity index (χ0n) is 7.32. The van der Waals surface area contributed by atoms with Gasteiger partial charge in [-0.1, -0.05) is 17.8 Å². The van der Waals surface area contributed by atoms with E-state index in [0.717, 1.165) is 11.8 Å². The van der Waals surface area contributed by atoms with Crippen molar-refractivity contribution < 1.29 is 14.7 Å². The first-order chi connectivity index (χ1) is 6.61. The van der Waals surface area contributed by atoms with Gasteiger partial charge in [-0.05, 0) is 6.20 Å². The summed E-state index contributed by atoms with van der Waals surface area (Å²) in [5.41, 5.74) is 5.22. The highest BCUT2D eigenvalue weighted by atomic mass is 32.2. The molecule has 0 aliphatic carbocycles. The number of allylic oxidation sites excluding steroid dienone is 1. The maximum Gasteiger partial charge on any atom is 0.334 e. The fraction of sp³-hybridized carbons (Fsp3) is 0.250. The lowest BCUT2D eigenvalue weighted by Crippen LogP contribution is -2.19. The molecule has 4 N–H and O–H groups in total. The van der Waals surface area contributed by atoms with Crippen molar-refractivity contribution in [2.75, 3.05) is 5.75 Å². The second-order valence-corrected chi connectivity index (χ2v) is 3.60. The van der Waals surface area contributed by atoms with Crippen molar-refractivity contribution in [3.8, 4) is 0 Å². The smallest absolute Gasteiger partial charge is 0.334 e. The highest BCUT2D eigenvalue weighted by molar-refractivity contribution is 8.03. The van der Waals surface area contributed by atoms with Crippen LogP contribution in [0.2, 0.25) is 0 Å². The summed E-state index contributed by atoms with van der Waals surface area (Å²) in [6.45, 7) is 0. The van der Waals surface area contributed by atoms with Gasteiger partial charge in [-0.3, -0.25) is 4.79 Å². The fourth-order valence-electron chi connectivity index (χ4n) is 0.948. The van der Waals surface area contributed by atoms with Crippen LogP contribution in [0.25, 0.3) is 0 Å². The number of dihydropyridines is 1. The van der Waals surface area contributed by atoms with E-state index in [2.05, 4.69) is 5.32 Å². The number of carboxylic acids is 1. The predicted octanol–water partition coefficient (Wildman–Crippen LogP) is 0.00810. The number of carbonyl (C=O) groups excluding carboxylic acids is 1. The number of nitrogens with two attached hydrogens (primary N) is 1. The summed E-state index contributed by atoms with van der Waals surface area (Å²) in [5.74, 6) is -1.37. The minimum absolute atomic E-state index is 0.0763. The van der Waals surface area contributed by atoms with Gasteiger partial charge in [0.2, 0.25) is 5.91 Å². The van der Waals surface area contributed by atoms with Crippen molar-refractivity contribution in [2.24, 2.45) is 5.73 Å². The fourth-order valence-corrected chi connectivity index (χ4v) is 1.73. The minimum atomic E-state index is -0.978. The molecule has 0 aromatic carbocycles. The van der Waals surface area contributed by atoms with E-state index in [1.165, 1.54) is 0 Å². The van der Waals surface area contributed by atoms with Crippen LogP contribution in [0.15, 0.2) is 22.9 Å². The molecule has 0 unspecified atom stereocenters. The lowest BCUT2D eigenvalue weighted by atomic mass is 10.2. The van der Waals surface area contributed by atoms with E-state index in [-0.39, 0.29) is 11.3 Å². The Bertz CT molecular complexity index is 323. The second-order valence-electron chi connectivity index (χ2n) is 2.62. The molecule has 1 aliphatic heterocycles. The van der Waals surface area contributed by atoms with Gasteiger partial charge in [-0.25, -0.2) is 4.79 Å². The quantitative estimate of drug-likeness (QED) is 0.613. The van der Waals surface area contributed by atoms with Crippen LogP contribution < -0.4 is 11.1 Å². The normalized spacial score (nSPS) is 15.1. The first kappa shape index (κ1) is 10.6. The standard InChI is InChI=1S/C8H10N2O3S/c9-6(11)4-14-7-5(8(12)13)2-1-3-10-7/h1,3,10H,2,4H2,(H2,9,11)(H,12,13). The number of carboxylic acid groups (broad SMARTS) is 1. The summed E-state index contributed by atoms with van der Waals surface area (Å²) in [4.78, 5) is 21.3. The van der Waals surface area contributed by atoms with E-state index in [0.29, 0.717) is 11.4 Å². The number of hydrogen-bond acceptors (Lipinski definition) is 4. The predicted molar refractivity (Wildman–Crippen MR) is 53.2 cm³/mol. The van der Waals surface area contributed by atoms with E-state index in [4.69, 9.17) is 10.8 Å². The average molecular weight is 214 g/mol. The number of hydrogen-bond donors (Lipinski definition) is 3. The molecule has 5 nitrogen and oxygen atoms in total. The van der Waals surface area contributed by atoms with Crippen LogP contribution in [-0.4, -0.2) is 22.7 Å². The highest BCUT2D eigenvalue weighted by Crippen LogP contribution is 2.22. The maximum absolute atomic E-state index is 10.7. The van der Waals surface area contributed by atoms with Gasteiger partial charge < -0.3 is 16.2 Å². The summed E-state index contributed by atoms with van der Waals surface area (Å²) in [5, 5.41) is 12.1. The Morgan fingerprint density at radius 1 is 1.64 bits per heavy atom. The molecule has 1 amide bonds. The van der Waals surface area contributed by atoms with E-state index in [1.54, 1.807) is 12.3 Å². The van der Waals surface area contributed by atoms with Crippen LogP contribution >= 0.6 is 11.8 Å². The third-order valence-corrected chi connectivity index (χ3v) is 2.63. The summed E-state index contributed by atoms with van der Waals surface area (Å²) in [7, 11) is 0. The van der Waals surface area contributed by atoms with Gasteiger partial charge in [0.1, 0.15) is 0 Å². The summed E-state index contributed by atoms with van der Waals surface area (Å²) in [6, 6.07) is 0. The van der Waals surface area contributed by atoms with Crippen LogP contribution in [0.4, 0.5) is 0 Å². The summed E-state index contributed by atoms with van der Waals surface area (Å²) in [6.07, 6.45) is 3.72. The van der Waals surface area contributed by atoms with E-state index in [9.17, 15) is 9.59 Å². The van der Waals surface area contributed by atoms with Gasteiger partial charge in [0.15, 0.2) is 0 Å². The van der Waals surface area contributed by atoms with Crippen molar-refractivity contribution in [3.63, 3.8) is 0 Å². The van der Waals surface area contributed by atoms with E-state index >= 15 is 0 Å². The lowest BCUT2D eigenvalue weighted by Gasteiger charge is -2.13. The number of aliphatic carboxylic acids is 1. The molecule has 0 radical (unpaired) electrons. The number of rotatable bonds is 4. The Morgan fingerprint density at radius 2 is 2.36 bits per heavy atom. The summed E-state index contributed by atoms with van der Waals surface area (Å²) >= 11 is 1.10. The van der Waals surface area contributed by atoms with Gasteiger partial charge in [-0.15, -0.1) is 0 Å². The molecular weight excluding hydrogens is 204 g/mol. The van der Waals surface area contributed by atoms with Crippen LogP contribution in [0, 0.1) is 0 Å². The first-order valence-corrected chi connectivity index (χ1v) is 4.89. The molecule has 0 spiro atoms. The first-order valence-electron chi connectivity index (χ1n) is 3.90. The van der Waals surface area contributed by atoms with Crippen molar-refractivity contribution in [3.05, 3.63) is 22.9 Å². The average Bonchev–Trinajstić information content (AvgIpc) is 2.15. The molecule has 1 heterocycles. The van der Waals surface area contributed by atoms with Crippen molar-refractivity contribution >= 4 is 23.6 Å². The Labute approximate surface area is 85.0 Å².